The van der Waals surface area contributed by atoms with E-state index in [2.05, 4.69) is 19.9 Å². The molecule has 0 spiro atoms. The minimum absolute atomic E-state index is 0.245. The highest BCUT2D eigenvalue weighted by molar-refractivity contribution is 6.06. The first kappa shape index (κ1) is 27.1. The summed E-state index contributed by atoms with van der Waals surface area (Å²) in [4.78, 5) is 22.9. The summed E-state index contributed by atoms with van der Waals surface area (Å²) >= 11 is 0. The predicted molar refractivity (Wildman–Crippen MR) is 131 cm³/mol. The van der Waals surface area contributed by atoms with Crippen molar-refractivity contribution < 1.29 is 14.7 Å². The van der Waals surface area contributed by atoms with Crippen LogP contribution in [-0.4, -0.2) is 16.9 Å². The lowest BCUT2D eigenvalue weighted by Gasteiger charge is -2.17. The van der Waals surface area contributed by atoms with Gasteiger partial charge in [0.1, 0.15) is 0 Å². The first-order valence-electron chi connectivity index (χ1n) is 12.6. The van der Waals surface area contributed by atoms with Gasteiger partial charge in [0.2, 0.25) is 0 Å². The minimum atomic E-state index is -1.10. The number of hydrogen-bond donors (Lipinski definition) is 1. The summed E-state index contributed by atoms with van der Waals surface area (Å²) in [5, 5.41) is 8.72. The predicted octanol–water partition coefficient (Wildman–Crippen LogP) is 8.49. The molecule has 1 rings (SSSR count). The molecule has 0 aliphatic carbocycles. The molecule has 0 saturated heterocycles. The van der Waals surface area contributed by atoms with Crippen molar-refractivity contribution in [2.75, 3.05) is 0 Å². The molecule has 0 fully saturated rings. The van der Waals surface area contributed by atoms with Crippen molar-refractivity contribution in [3.8, 4) is 0 Å². The van der Waals surface area contributed by atoms with Gasteiger partial charge in [-0.15, -0.1) is 0 Å². The highest BCUT2D eigenvalue weighted by Crippen LogP contribution is 2.28. The summed E-state index contributed by atoms with van der Waals surface area (Å²) in [5.74, 6) is -0.866. The molecule has 0 heterocycles. The van der Waals surface area contributed by atoms with E-state index in [4.69, 9.17) is 5.11 Å². The number of rotatable bonds is 19. The maximum atomic E-state index is 12.2. The van der Waals surface area contributed by atoms with Crippen LogP contribution in [0.3, 0.4) is 0 Å². The lowest BCUT2D eigenvalue weighted by atomic mass is 9.88. The van der Waals surface area contributed by atoms with Gasteiger partial charge in [-0.3, -0.25) is 4.79 Å². The molecule has 0 aromatic heterocycles. The third kappa shape index (κ3) is 13.2. The molecule has 3 nitrogen and oxygen atoms in total. The molecular formula is C28H44O3. The first-order chi connectivity index (χ1) is 15.1. The molecule has 1 atom stereocenters. The Morgan fingerprint density at radius 2 is 1.35 bits per heavy atom. The van der Waals surface area contributed by atoms with E-state index in [-0.39, 0.29) is 5.78 Å². The molecule has 0 bridgehead atoms. The summed E-state index contributed by atoms with van der Waals surface area (Å²) in [5.41, 5.74) is 1.78. The van der Waals surface area contributed by atoms with Crippen LogP contribution in [0.5, 0.6) is 0 Å². The normalized spacial score (nSPS) is 12.3. The van der Waals surface area contributed by atoms with Gasteiger partial charge in [-0.1, -0.05) is 116 Å². The van der Waals surface area contributed by atoms with Crippen molar-refractivity contribution in [1.82, 2.24) is 0 Å². The van der Waals surface area contributed by atoms with Crippen molar-refractivity contribution in [3.63, 3.8) is 0 Å². The fraction of sp³-hybridized carbons (Fsp3) is 0.643. The van der Waals surface area contributed by atoms with Crippen LogP contribution < -0.4 is 0 Å². The van der Waals surface area contributed by atoms with E-state index in [1.807, 2.05) is 12.1 Å². The molecule has 0 radical (unpaired) electrons. The Kier molecular flexibility index (Phi) is 15.5. The lowest BCUT2D eigenvalue weighted by Crippen LogP contribution is -2.02. The number of aliphatic carboxylic acids is 1. The number of allylic oxidation sites excluding steroid dienone is 1. The minimum Gasteiger partial charge on any atom is -0.478 e. The molecule has 174 valence electrons. The molecular weight excluding hydrogens is 384 g/mol. The number of hydrogen-bond acceptors (Lipinski definition) is 2. The Hall–Kier alpha value is -1.90. The zero-order valence-corrected chi connectivity index (χ0v) is 19.9. The van der Waals surface area contributed by atoms with Gasteiger partial charge in [-0.05, 0) is 36.5 Å². The smallest absolute Gasteiger partial charge is 0.328 e. The molecule has 1 aromatic carbocycles. The second-order valence-corrected chi connectivity index (χ2v) is 8.82. The van der Waals surface area contributed by atoms with Gasteiger partial charge in [-0.25, -0.2) is 4.79 Å². The van der Waals surface area contributed by atoms with E-state index >= 15 is 0 Å². The topological polar surface area (TPSA) is 54.4 Å². The summed E-state index contributed by atoms with van der Waals surface area (Å²) in [6.45, 7) is 4.48. The van der Waals surface area contributed by atoms with E-state index in [9.17, 15) is 9.59 Å². The lowest BCUT2D eigenvalue weighted by molar-refractivity contribution is -0.131. The summed E-state index contributed by atoms with van der Waals surface area (Å²) in [7, 11) is 0. The van der Waals surface area contributed by atoms with Gasteiger partial charge in [-0.2, -0.15) is 0 Å². The van der Waals surface area contributed by atoms with Gasteiger partial charge in [0, 0.05) is 11.6 Å². The average molecular weight is 429 g/mol. The molecule has 1 N–H and O–H groups in total. The van der Waals surface area contributed by atoms with Crippen LogP contribution in [0.1, 0.15) is 132 Å². The molecule has 0 amide bonds. The van der Waals surface area contributed by atoms with Crippen molar-refractivity contribution in [2.45, 2.75) is 116 Å². The fourth-order valence-corrected chi connectivity index (χ4v) is 4.25. The number of carboxylic acid groups (broad SMARTS) is 1. The third-order valence-electron chi connectivity index (χ3n) is 6.06. The number of unbranched alkanes of at least 4 members (excludes halogenated alkanes) is 11. The maximum Gasteiger partial charge on any atom is 0.328 e. The maximum absolute atomic E-state index is 12.2. The van der Waals surface area contributed by atoms with Gasteiger partial charge < -0.3 is 5.11 Å². The molecule has 0 aliphatic heterocycles. The Balaban J connectivity index is 2.33. The molecule has 0 aliphatic rings. The molecule has 1 aromatic rings. The molecule has 3 heteroatoms. The van der Waals surface area contributed by atoms with Crippen LogP contribution >= 0.6 is 0 Å². The van der Waals surface area contributed by atoms with Crippen molar-refractivity contribution in [3.05, 3.63) is 47.5 Å². The summed E-state index contributed by atoms with van der Waals surface area (Å²) in [6.07, 6.45) is 21.8. The largest absolute Gasteiger partial charge is 0.478 e. The summed E-state index contributed by atoms with van der Waals surface area (Å²) in [6, 6.07) is 7.75. The van der Waals surface area contributed by atoms with Crippen molar-refractivity contribution in [1.29, 1.82) is 0 Å². The Bertz CT molecular complexity index is 647. The Labute approximate surface area is 190 Å². The molecule has 1 unspecified atom stereocenters. The summed E-state index contributed by atoms with van der Waals surface area (Å²) < 4.78 is 0. The van der Waals surface area contributed by atoms with Gasteiger partial charge >= 0.3 is 5.97 Å². The average Bonchev–Trinajstić information content (AvgIpc) is 2.77. The number of carbonyl (C=O) groups is 2. The Morgan fingerprint density at radius 3 is 1.90 bits per heavy atom. The van der Waals surface area contributed by atoms with Crippen LogP contribution in [0.4, 0.5) is 0 Å². The van der Waals surface area contributed by atoms with Crippen LogP contribution in [0.25, 0.3) is 0 Å². The van der Waals surface area contributed by atoms with Crippen molar-refractivity contribution in [2.24, 2.45) is 0 Å². The SMILES string of the molecule is CCCCCCCCCCCCCCC(CCC)c1cccc(C(=O)/C=C/C(=O)O)c1. The highest BCUT2D eigenvalue weighted by Gasteiger charge is 2.12. The fourth-order valence-electron chi connectivity index (χ4n) is 4.25. The zero-order chi connectivity index (χ0) is 22.7. The standard InChI is InChI=1S/C28H44O3/c1-3-5-6-7-8-9-10-11-12-13-14-15-18-24(17-4-2)25-19-16-20-26(23-25)27(29)21-22-28(30)31/h16,19-24H,3-15,17-18H2,1-2H3,(H,30,31)/b22-21+. The number of carbonyl (C=O) groups excluding carboxylic acids is 1. The quantitative estimate of drug-likeness (QED) is 0.136. The van der Waals surface area contributed by atoms with E-state index in [0.29, 0.717) is 11.5 Å². The van der Waals surface area contributed by atoms with Crippen LogP contribution in [0.2, 0.25) is 0 Å². The third-order valence-corrected chi connectivity index (χ3v) is 6.06. The second-order valence-electron chi connectivity index (χ2n) is 8.82. The molecule has 31 heavy (non-hydrogen) atoms. The zero-order valence-electron chi connectivity index (χ0n) is 19.9. The molecule has 0 saturated carbocycles. The van der Waals surface area contributed by atoms with E-state index in [1.165, 1.54) is 82.6 Å². The van der Waals surface area contributed by atoms with Crippen molar-refractivity contribution >= 4 is 11.8 Å². The van der Waals surface area contributed by atoms with Gasteiger partial charge in [0.15, 0.2) is 5.78 Å². The number of carboxylic acids is 1. The van der Waals surface area contributed by atoms with Crippen LogP contribution in [0.15, 0.2) is 36.4 Å². The number of ketones is 1. The van der Waals surface area contributed by atoms with Crippen LogP contribution in [-0.2, 0) is 4.79 Å². The highest BCUT2D eigenvalue weighted by atomic mass is 16.4. The monoisotopic (exact) mass is 428 g/mol. The van der Waals surface area contributed by atoms with E-state index in [1.54, 1.807) is 6.07 Å². The van der Waals surface area contributed by atoms with Gasteiger partial charge in [0.05, 0.1) is 0 Å². The second kappa shape index (κ2) is 17.7. The van der Waals surface area contributed by atoms with E-state index < -0.39 is 5.97 Å². The number of benzene rings is 1. The van der Waals surface area contributed by atoms with Gasteiger partial charge in [0.25, 0.3) is 0 Å². The van der Waals surface area contributed by atoms with Crippen LogP contribution in [0, 0.1) is 0 Å². The Morgan fingerprint density at radius 1 is 0.774 bits per heavy atom. The first-order valence-corrected chi connectivity index (χ1v) is 12.6. The van der Waals surface area contributed by atoms with E-state index in [0.717, 1.165) is 31.4 Å².